The number of carbonyl (C=O) groups is 1. The Kier molecular flexibility index (Phi) is 1.97. The van der Waals surface area contributed by atoms with Gasteiger partial charge in [-0.25, -0.2) is 0 Å². The quantitative estimate of drug-likeness (QED) is 0.655. The highest BCUT2D eigenvalue weighted by Gasteiger charge is 2.22. The molecule has 2 heteroatoms. The summed E-state index contributed by atoms with van der Waals surface area (Å²) in [5, 5.41) is 0. The summed E-state index contributed by atoms with van der Waals surface area (Å²) in [4.78, 5) is 12.9. The van der Waals surface area contributed by atoms with E-state index in [-0.39, 0.29) is 5.91 Å². The van der Waals surface area contributed by atoms with Gasteiger partial charge in [0.05, 0.1) is 0 Å². The third kappa shape index (κ3) is 1.25. The van der Waals surface area contributed by atoms with Gasteiger partial charge in [0.15, 0.2) is 0 Å². The van der Waals surface area contributed by atoms with Gasteiger partial charge in [0.2, 0.25) is 0 Å². The lowest BCUT2D eigenvalue weighted by Gasteiger charge is -2.12. The molecule has 0 unspecified atom stereocenters. The van der Waals surface area contributed by atoms with Gasteiger partial charge in [-0.2, -0.15) is 0 Å². The molecule has 1 aliphatic heterocycles. The first-order chi connectivity index (χ1) is 6.70. The Morgan fingerprint density at radius 3 is 2.36 bits per heavy atom. The van der Waals surface area contributed by atoms with Crippen molar-refractivity contribution in [1.29, 1.82) is 0 Å². The zero-order valence-corrected chi connectivity index (χ0v) is 8.03. The van der Waals surface area contributed by atoms with Crippen molar-refractivity contribution in [2.24, 2.45) is 0 Å². The van der Waals surface area contributed by atoms with Crippen molar-refractivity contribution < 1.29 is 4.79 Å². The Morgan fingerprint density at radius 2 is 1.86 bits per heavy atom. The summed E-state index contributed by atoms with van der Waals surface area (Å²) >= 11 is 0. The lowest BCUT2D eigenvalue weighted by molar-refractivity contribution is -0.122. The Hall–Kier alpha value is -1.83. The second kappa shape index (κ2) is 3.14. The number of rotatable bonds is 1. The van der Waals surface area contributed by atoms with Crippen LogP contribution in [0, 0.1) is 0 Å². The van der Waals surface area contributed by atoms with Gasteiger partial charge in [0.1, 0.15) is 0 Å². The van der Waals surface area contributed by atoms with E-state index in [4.69, 9.17) is 0 Å². The van der Waals surface area contributed by atoms with Crippen LogP contribution in [0.4, 0.5) is 0 Å². The molecule has 0 saturated heterocycles. The van der Waals surface area contributed by atoms with E-state index in [1.54, 1.807) is 18.0 Å². The number of likely N-dealkylation sites (N-methyl/N-ethyl adjacent to an activating group) is 1. The van der Waals surface area contributed by atoms with E-state index in [0.29, 0.717) is 0 Å². The van der Waals surface area contributed by atoms with Crippen LogP contribution in [0.5, 0.6) is 0 Å². The Labute approximate surface area is 83.2 Å². The van der Waals surface area contributed by atoms with Gasteiger partial charge < -0.3 is 4.90 Å². The van der Waals surface area contributed by atoms with Crippen molar-refractivity contribution in [1.82, 2.24) is 4.90 Å². The fourth-order valence-electron chi connectivity index (χ4n) is 1.48. The molecule has 0 aromatic heterocycles. The highest BCUT2D eigenvalue weighted by molar-refractivity contribution is 6.06. The zero-order chi connectivity index (χ0) is 10.1. The average Bonchev–Trinajstić information content (AvgIpc) is 2.47. The van der Waals surface area contributed by atoms with Crippen LogP contribution >= 0.6 is 0 Å². The number of amides is 1. The normalized spacial score (nSPS) is 16.1. The van der Waals surface area contributed by atoms with Gasteiger partial charge in [-0.05, 0) is 5.56 Å². The maximum absolute atomic E-state index is 11.4. The van der Waals surface area contributed by atoms with Gasteiger partial charge in [0.25, 0.3) is 5.91 Å². The molecule has 1 aromatic carbocycles. The molecule has 0 aliphatic carbocycles. The second-order valence-electron chi connectivity index (χ2n) is 3.27. The van der Waals surface area contributed by atoms with E-state index in [0.717, 1.165) is 16.8 Å². The molecule has 1 aliphatic rings. The van der Waals surface area contributed by atoms with E-state index >= 15 is 0 Å². The SMILES string of the molecule is C=C1C(c2ccccc2)=CC(=O)N1C. The summed E-state index contributed by atoms with van der Waals surface area (Å²) in [5.74, 6) is -0.00569. The molecule has 0 N–H and O–H groups in total. The summed E-state index contributed by atoms with van der Waals surface area (Å²) in [5.41, 5.74) is 2.72. The van der Waals surface area contributed by atoms with Crippen molar-refractivity contribution in [3.63, 3.8) is 0 Å². The van der Waals surface area contributed by atoms with Crippen LogP contribution in [0.3, 0.4) is 0 Å². The van der Waals surface area contributed by atoms with Gasteiger partial charge >= 0.3 is 0 Å². The van der Waals surface area contributed by atoms with Crippen molar-refractivity contribution >= 4 is 11.5 Å². The summed E-state index contributed by atoms with van der Waals surface area (Å²) < 4.78 is 0. The number of hydrogen-bond acceptors (Lipinski definition) is 1. The summed E-state index contributed by atoms with van der Waals surface area (Å²) in [7, 11) is 1.73. The third-order valence-electron chi connectivity index (χ3n) is 2.40. The third-order valence-corrected chi connectivity index (χ3v) is 2.40. The highest BCUT2D eigenvalue weighted by Crippen LogP contribution is 2.28. The molecule has 70 valence electrons. The number of carbonyl (C=O) groups excluding carboxylic acids is 1. The zero-order valence-electron chi connectivity index (χ0n) is 8.03. The largest absolute Gasteiger partial charge is 0.312 e. The molecular weight excluding hydrogens is 174 g/mol. The van der Waals surface area contributed by atoms with E-state index in [1.165, 1.54) is 0 Å². The van der Waals surface area contributed by atoms with Crippen LogP contribution in [-0.4, -0.2) is 17.9 Å². The molecule has 0 bridgehead atoms. The van der Waals surface area contributed by atoms with Crippen molar-refractivity contribution in [3.8, 4) is 0 Å². The Morgan fingerprint density at radius 1 is 1.21 bits per heavy atom. The molecule has 1 heterocycles. The van der Waals surface area contributed by atoms with Crippen LogP contribution in [0.25, 0.3) is 5.57 Å². The lowest BCUT2D eigenvalue weighted by Crippen LogP contribution is -2.17. The van der Waals surface area contributed by atoms with Crippen molar-refractivity contribution in [2.45, 2.75) is 0 Å². The second-order valence-corrected chi connectivity index (χ2v) is 3.27. The van der Waals surface area contributed by atoms with Crippen LogP contribution in [0.2, 0.25) is 0 Å². The molecule has 0 saturated carbocycles. The van der Waals surface area contributed by atoms with Gasteiger partial charge in [-0.15, -0.1) is 0 Å². The van der Waals surface area contributed by atoms with E-state index in [1.807, 2.05) is 30.3 Å². The molecule has 0 atom stereocenters. The molecule has 0 fully saturated rings. The van der Waals surface area contributed by atoms with Crippen LogP contribution in [0.15, 0.2) is 48.7 Å². The Balaban J connectivity index is 2.43. The Bertz CT molecular complexity index is 417. The summed E-state index contributed by atoms with van der Waals surface area (Å²) in [6.07, 6.45) is 1.62. The molecule has 0 radical (unpaired) electrons. The van der Waals surface area contributed by atoms with E-state index < -0.39 is 0 Å². The first kappa shape index (κ1) is 8.75. The molecule has 1 aromatic rings. The topological polar surface area (TPSA) is 20.3 Å². The maximum Gasteiger partial charge on any atom is 0.251 e. The monoisotopic (exact) mass is 185 g/mol. The van der Waals surface area contributed by atoms with Crippen LogP contribution < -0.4 is 0 Å². The smallest absolute Gasteiger partial charge is 0.251 e. The average molecular weight is 185 g/mol. The standard InChI is InChI=1S/C12H11NO/c1-9-11(8-12(14)13(9)2)10-6-4-3-5-7-10/h3-8H,1H2,2H3. The predicted molar refractivity (Wildman–Crippen MR) is 56.3 cm³/mol. The minimum atomic E-state index is -0.00569. The molecule has 1 amide bonds. The first-order valence-corrected chi connectivity index (χ1v) is 4.44. The molecule has 14 heavy (non-hydrogen) atoms. The number of hydrogen-bond donors (Lipinski definition) is 0. The molecule has 0 spiro atoms. The molecule has 2 nitrogen and oxygen atoms in total. The molecular formula is C12H11NO. The number of benzene rings is 1. The van der Waals surface area contributed by atoms with E-state index in [9.17, 15) is 4.79 Å². The maximum atomic E-state index is 11.4. The lowest BCUT2D eigenvalue weighted by atomic mass is 10.1. The van der Waals surface area contributed by atoms with Crippen molar-refractivity contribution in [2.75, 3.05) is 7.05 Å². The summed E-state index contributed by atoms with van der Waals surface area (Å²) in [6.45, 7) is 3.88. The number of allylic oxidation sites excluding steroid dienone is 1. The van der Waals surface area contributed by atoms with Gasteiger partial charge in [0, 0.05) is 24.4 Å². The van der Waals surface area contributed by atoms with Crippen LogP contribution in [-0.2, 0) is 4.79 Å². The van der Waals surface area contributed by atoms with Gasteiger partial charge in [-0.3, -0.25) is 4.79 Å². The fourth-order valence-corrected chi connectivity index (χ4v) is 1.48. The van der Waals surface area contributed by atoms with Gasteiger partial charge in [-0.1, -0.05) is 36.9 Å². The minimum Gasteiger partial charge on any atom is -0.312 e. The number of nitrogens with zero attached hydrogens (tertiary/aromatic N) is 1. The fraction of sp³-hybridized carbons (Fsp3) is 0.0833. The summed E-state index contributed by atoms with van der Waals surface area (Å²) in [6, 6.07) is 9.80. The minimum absolute atomic E-state index is 0.00569. The predicted octanol–water partition coefficient (Wildman–Crippen LogP) is 2.06. The van der Waals surface area contributed by atoms with E-state index in [2.05, 4.69) is 6.58 Å². The molecule has 2 rings (SSSR count). The van der Waals surface area contributed by atoms with Crippen LogP contribution in [0.1, 0.15) is 5.56 Å². The van der Waals surface area contributed by atoms with Crippen molar-refractivity contribution in [3.05, 3.63) is 54.2 Å². The first-order valence-electron chi connectivity index (χ1n) is 4.44. The highest BCUT2D eigenvalue weighted by atomic mass is 16.2.